The number of hydrogen-bond acceptors (Lipinski definition) is 1. The van der Waals surface area contributed by atoms with E-state index >= 15 is 0 Å². The lowest BCUT2D eigenvalue weighted by atomic mass is 10.2. The minimum Gasteiger partial charge on any atom is -0.344 e. The molecule has 1 N–H and O–H groups in total. The number of carbonyl (C=O) groups is 1. The van der Waals surface area contributed by atoms with E-state index in [1.165, 1.54) is 0 Å². The number of hydrogen-bond donors (Lipinski definition) is 1. The number of nitrogens with one attached hydrogen (secondary N) is 1. The topological polar surface area (TPSA) is 29.1 Å². The molecule has 1 atom stereocenters. The fraction of sp³-hybridized carbons (Fsp3) is 0.625. The van der Waals surface area contributed by atoms with Gasteiger partial charge in [-0.15, -0.1) is 0 Å². The molecule has 0 aromatic carbocycles. The van der Waals surface area contributed by atoms with Gasteiger partial charge >= 0.3 is 0 Å². The molecule has 0 radical (unpaired) electrons. The van der Waals surface area contributed by atoms with Crippen molar-refractivity contribution >= 4 is 5.91 Å². The summed E-state index contributed by atoms with van der Waals surface area (Å²) in [5, 5.41) is 2.22. The highest BCUT2D eigenvalue weighted by Gasteiger charge is 2.37. The highest BCUT2D eigenvalue weighted by molar-refractivity contribution is 5.87. The number of carbonyl (C=O) groups excluding carboxylic acids is 1. The number of halogens is 2. The smallest absolute Gasteiger partial charge is 0.258 e. The van der Waals surface area contributed by atoms with Crippen LogP contribution in [0.3, 0.4) is 0 Å². The van der Waals surface area contributed by atoms with Gasteiger partial charge in [-0.1, -0.05) is 6.58 Å². The molecule has 0 aliphatic heterocycles. The van der Waals surface area contributed by atoms with Gasteiger partial charge in [0, 0.05) is 0 Å². The van der Waals surface area contributed by atoms with Crippen LogP contribution in [0.25, 0.3) is 0 Å². The first-order valence-corrected chi connectivity index (χ1v) is 3.86. The Morgan fingerprint density at radius 2 is 2.17 bits per heavy atom. The molecule has 4 heteroatoms. The SMILES string of the molecule is C=CC(=O)N[C@H](C(F)F)C1CC1. The van der Waals surface area contributed by atoms with Crippen LogP contribution in [0, 0.1) is 5.92 Å². The van der Waals surface area contributed by atoms with Crippen molar-refractivity contribution in [3.63, 3.8) is 0 Å². The van der Waals surface area contributed by atoms with Crippen LogP contribution < -0.4 is 5.32 Å². The summed E-state index contributed by atoms with van der Waals surface area (Å²) in [7, 11) is 0. The lowest BCUT2D eigenvalue weighted by Crippen LogP contribution is -2.40. The Morgan fingerprint density at radius 3 is 2.50 bits per heavy atom. The van der Waals surface area contributed by atoms with E-state index in [2.05, 4.69) is 11.9 Å². The average molecular weight is 175 g/mol. The molecule has 1 rings (SSSR count). The third kappa shape index (κ3) is 2.29. The van der Waals surface area contributed by atoms with E-state index in [1.54, 1.807) is 0 Å². The van der Waals surface area contributed by atoms with E-state index in [1.807, 2.05) is 0 Å². The zero-order chi connectivity index (χ0) is 9.14. The van der Waals surface area contributed by atoms with Crippen LogP contribution in [0.1, 0.15) is 12.8 Å². The maximum absolute atomic E-state index is 12.2. The molecule has 1 fully saturated rings. The Labute approximate surface area is 69.6 Å². The Balaban J connectivity index is 2.42. The molecule has 1 saturated carbocycles. The van der Waals surface area contributed by atoms with Gasteiger partial charge < -0.3 is 5.32 Å². The quantitative estimate of drug-likeness (QED) is 0.642. The van der Waals surface area contributed by atoms with E-state index in [9.17, 15) is 13.6 Å². The summed E-state index contributed by atoms with van der Waals surface area (Å²) in [6.07, 6.45) is 0.109. The monoisotopic (exact) mass is 175 g/mol. The summed E-state index contributed by atoms with van der Waals surface area (Å²) in [5.41, 5.74) is 0. The van der Waals surface area contributed by atoms with Crippen LogP contribution >= 0.6 is 0 Å². The van der Waals surface area contributed by atoms with Gasteiger partial charge in [0.25, 0.3) is 6.43 Å². The molecule has 0 aromatic heterocycles. The first-order chi connectivity index (χ1) is 5.65. The third-order valence-corrected chi connectivity index (χ3v) is 1.90. The van der Waals surface area contributed by atoms with Crippen molar-refractivity contribution in [2.45, 2.75) is 25.3 Å². The molecule has 68 valence electrons. The van der Waals surface area contributed by atoms with Crippen molar-refractivity contribution in [2.24, 2.45) is 5.92 Å². The molecule has 0 heterocycles. The van der Waals surface area contributed by atoms with Crippen molar-refractivity contribution in [1.29, 1.82) is 0 Å². The van der Waals surface area contributed by atoms with Crippen LogP contribution in [0.4, 0.5) is 8.78 Å². The number of rotatable bonds is 4. The highest BCUT2D eigenvalue weighted by Crippen LogP contribution is 2.35. The molecule has 1 aliphatic carbocycles. The summed E-state index contributed by atoms with van der Waals surface area (Å²) in [6, 6.07) is -0.976. The van der Waals surface area contributed by atoms with E-state index < -0.39 is 18.4 Å². The van der Waals surface area contributed by atoms with E-state index in [0.717, 1.165) is 18.9 Å². The van der Waals surface area contributed by atoms with Crippen molar-refractivity contribution in [2.75, 3.05) is 0 Å². The minimum atomic E-state index is -2.47. The van der Waals surface area contributed by atoms with E-state index in [-0.39, 0.29) is 5.92 Å². The molecule has 2 nitrogen and oxygen atoms in total. The van der Waals surface area contributed by atoms with Crippen LogP contribution in [0.2, 0.25) is 0 Å². The summed E-state index contributed by atoms with van der Waals surface area (Å²) >= 11 is 0. The zero-order valence-electron chi connectivity index (χ0n) is 6.59. The number of alkyl halides is 2. The minimum absolute atomic E-state index is 0.0334. The maximum Gasteiger partial charge on any atom is 0.258 e. The second-order valence-electron chi connectivity index (χ2n) is 2.91. The molecule has 12 heavy (non-hydrogen) atoms. The fourth-order valence-electron chi connectivity index (χ4n) is 1.07. The Morgan fingerprint density at radius 1 is 1.58 bits per heavy atom. The summed E-state index contributed by atoms with van der Waals surface area (Å²) in [5.74, 6) is -0.555. The maximum atomic E-state index is 12.2. The van der Waals surface area contributed by atoms with Gasteiger partial charge in [0.2, 0.25) is 5.91 Å². The lowest BCUT2D eigenvalue weighted by Gasteiger charge is -2.15. The van der Waals surface area contributed by atoms with Crippen LogP contribution in [0.5, 0.6) is 0 Å². The standard InChI is InChI=1S/C8H11F2NO/c1-2-6(12)11-7(8(9)10)5-3-4-5/h2,5,7-8H,1,3-4H2,(H,11,12)/t7-/m0/s1. The molecule has 0 spiro atoms. The first-order valence-electron chi connectivity index (χ1n) is 3.86. The Kier molecular flexibility index (Phi) is 2.78. The van der Waals surface area contributed by atoms with Crippen LogP contribution in [0.15, 0.2) is 12.7 Å². The van der Waals surface area contributed by atoms with Crippen LogP contribution in [-0.4, -0.2) is 18.4 Å². The van der Waals surface area contributed by atoms with Gasteiger partial charge in [0.1, 0.15) is 0 Å². The van der Waals surface area contributed by atoms with Gasteiger partial charge in [-0.25, -0.2) is 8.78 Å². The average Bonchev–Trinajstić information content (AvgIpc) is 2.81. The predicted molar refractivity (Wildman–Crippen MR) is 40.9 cm³/mol. The number of amides is 1. The van der Waals surface area contributed by atoms with Crippen molar-refractivity contribution in [3.05, 3.63) is 12.7 Å². The summed E-state index contributed by atoms with van der Waals surface area (Å²) < 4.78 is 24.5. The molecule has 1 amide bonds. The van der Waals surface area contributed by atoms with E-state index in [4.69, 9.17) is 0 Å². The third-order valence-electron chi connectivity index (χ3n) is 1.90. The first kappa shape index (κ1) is 9.16. The molecular formula is C8H11F2NO. The molecule has 0 saturated heterocycles. The molecule has 1 aliphatic rings. The molecular weight excluding hydrogens is 164 g/mol. The van der Waals surface area contributed by atoms with Crippen molar-refractivity contribution in [1.82, 2.24) is 5.32 Å². The van der Waals surface area contributed by atoms with Gasteiger partial charge in [-0.2, -0.15) is 0 Å². The second-order valence-corrected chi connectivity index (χ2v) is 2.91. The highest BCUT2D eigenvalue weighted by atomic mass is 19.3. The van der Waals surface area contributed by atoms with Crippen molar-refractivity contribution in [3.8, 4) is 0 Å². The second kappa shape index (κ2) is 3.65. The Bertz CT molecular complexity index is 187. The predicted octanol–water partition coefficient (Wildman–Crippen LogP) is 1.33. The van der Waals surface area contributed by atoms with Gasteiger partial charge in [-0.05, 0) is 24.8 Å². The molecule has 0 bridgehead atoms. The van der Waals surface area contributed by atoms with Crippen molar-refractivity contribution < 1.29 is 13.6 Å². The summed E-state index contributed by atoms with van der Waals surface area (Å²) in [6.45, 7) is 3.20. The van der Waals surface area contributed by atoms with Gasteiger partial charge in [0.05, 0.1) is 6.04 Å². The van der Waals surface area contributed by atoms with Gasteiger partial charge in [-0.3, -0.25) is 4.79 Å². The lowest BCUT2D eigenvalue weighted by molar-refractivity contribution is -0.118. The normalized spacial score (nSPS) is 18.9. The fourth-order valence-corrected chi connectivity index (χ4v) is 1.07. The van der Waals surface area contributed by atoms with Crippen LogP contribution in [-0.2, 0) is 4.79 Å². The Hall–Kier alpha value is -0.930. The zero-order valence-corrected chi connectivity index (χ0v) is 6.59. The molecule has 0 aromatic rings. The molecule has 0 unspecified atom stereocenters. The summed E-state index contributed by atoms with van der Waals surface area (Å²) in [4.78, 5) is 10.7. The van der Waals surface area contributed by atoms with Gasteiger partial charge in [0.15, 0.2) is 0 Å². The largest absolute Gasteiger partial charge is 0.344 e. The van der Waals surface area contributed by atoms with E-state index in [0.29, 0.717) is 0 Å².